The SMILES string of the molecule is COc1ccc([C@@H](CC(=O)N2CCCC2)N(C)S(=O)(=O)c2ccccc2)cc1. The van der Waals surface area contributed by atoms with E-state index in [0.29, 0.717) is 5.75 Å². The van der Waals surface area contributed by atoms with Gasteiger partial charge in [-0.25, -0.2) is 8.42 Å². The third kappa shape index (κ3) is 4.36. The highest BCUT2D eigenvalue weighted by atomic mass is 32.2. The number of carbonyl (C=O) groups excluding carboxylic acids is 1. The number of methoxy groups -OCH3 is 1. The quantitative estimate of drug-likeness (QED) is 0.714. The molecule has 0 radical (unpaired) electrons. The Bertz CT molecular complexity index is 892. The van der Waals surface area contributed by atoms with Crippen molar-refractivity contribution in [3.8, 4) is 5.75 Å². The first-order chi connectivity index (χ1) is 13.4. The van der Waals surface area contributed by atoms with Crippen molar-refractivity contribution in [2.75, 3.05) is 27.2 Å². The summed E-state index contributed by atoms with van der Waals surface area (Å²) < 4.78 is 32.8. The summed E-state index contributed by atoms with van der Waals surface area (Å²) in [6, 6.07) is 14.9. The van der Waals surface area contributed by atoms with Crippen molar-refractivity contribution in [2.45, 2.75) is 30.2 Å². The van der Waals surface area contributed by atoms with Gasteiger partial charge in [0.2, 0.25) is 15.9 Å². The summed E-state index contributed by atoms with van der Waals surface area (Å²) in [6.07, 6.45) is 2.10. The molecule has 1 amide bonds. The molecule has 0 aromatic heterocycles. The van der Waals surface area contributed by atoms with Gasteiger partial charge in [0.15, 0.2) is 0 Å². The van der Waals surface area contributed by atoms with Crippen molar-refractivity contribution in [1.29, 1.82) is 0 Å². The van der Waals surface area contributed by atoms with Gasteiger partial charge in [-0.05, 0) is 42.7 Å². The zero-order valence-corrected chi connectivity index (χ0v) is 17.1. The third-order valence-electron chi connectivity index (χ3n) is 5.19. The fraction of sp³-hybridized carbons (Fsp3) is 0.381. The average molecular weight is 403 g/mol. The molecule has 0 N–H and O–H groups in total. The molecule has 0 unspecified atom stereocenters. The van der Waals surface area contributed by atoms with Gasteiger partial charge < -0.3 is 9.64 Å². The maximum absolute atomic E-state index is 13.1. The number of sulfonamides is 1. The number of nitrogens with zero attached hydrogens (tertiary/aromatic N) is 2. The van der Waals surface area contributed by atoms with Gasteiger partial charge in [-0.2, -0.15) is 4.31 Å². The molecule has 1 aliphatic rings. The summed E-state index contributed by atoms with van der Waals surface area (Å²) in [7, 11) is -0.625. The number of hydrogen-bond acceptors (Lipinski definition) is 4. The topological polar surface area (TPSA) is 66.9 Å². The van der Waals surface area contributed by atoms with Gasteiger partial charge in [0.1, 0.15) is 5.75 Å². The van der Waals surface area contributed by atoms with Gasteiger partial charge in [0.05, 0.1) is 18.0 Å². The van der Waals surface area contributed by atoms with E-state index < -0.39 is 16.1 Å². The van der Waals surface area contributed by atoms with E-state index in [-0.39, 0.29) is 17.2 Å². The minimum atomic E-state index is -3.74. The van der Waals surface area contributed by atoms with Gasteiger partial charge in [-0.3, -0.25) is 4.79 Å². The molecule has 0 spiro atoms. The Hall–Kier alpha value is -2.38. The Balaban J connectivity index is 1.93. The zero-order chi connectivity index (χ0) is 20.1. The molecule has 7 heteroatoms. The molecule has 2 aromatic carbocycles. The Labute approximate surface area is 166 Å². The average Bonchev–Trinajstić information content (AvgIpc) is 3.27. The molecular weight excluding hydrogens is 376 g/mol. The molecule has 1 atom stereocenters. The smallest absolute Gasteiger partial charge is 0.243 e. The third-order valence-corrected chi connectivity index (χ3v) is 7.07. The van der Waals surface area contributed by atoms with E-state index in [2.05, 4.69) is 0 Å². The van der Waals surface area contributed by atoms with Crippen LogP contribution in [-0.2, 0) is 14.8 Å². The number of rotatable bonds is 7. The molecule has 1 aliphatic heterocycles. The predicted molar refractivity (Wildman–Crippen MR) is 108 cm³/mol. The first-order valence-electron chi connectivity index (χ1n) is 9.38. The predicted octanol–water partition coefficient (Wildman–Crippen LogP) is 3.07. The normalized spacial score (nSPS) is 15.6. The number of benzene rings is 2. The molecule has 3 rings (SSSR count). The van der Waals surface area contributed by atoms with Crippen molar-refractivity contribution >= 4 is 15.9 Å². The van der Waals surface area contributed by atoms with Crippen molar-refractivity contribution in [3.63, 3.8) is 0 Å². The number of carbonyl (C=O) groups is 1. The number of likely N-dealkylation sites (tertiary alicyclic amines) is 1. The Kier molecular flexibility index (Phi) is 6.36. The van der Waals surface area contributed by atoms with Gasteiger partial charge in [-0.15, -0.1) is 0 Å². The lowest BCUT2D eigenvalue weighted by Gasteiger charge is -2.29. The van der Waals surface area contributed by atoms with E-state index in [4.69, 9.17) is 4.74 Å². The minimum Gasteiger partial charge on any atom is -0.497 e. The maximum Gasteiger partial charge on any atom is 0.243 e. The van der Waals surface area contributed by atoms with Crippen LogP contribution in [0, 0.1) is 0 Å². The lowest BCUT2D eigenvalue weighted by atomic mass is 10.0. The van der Waals surface area contributed by atoms with Crippen molar-refractivity contribution in [1.82, 2.24) is 9.21 Å². The molecule has 0 aliphatic carbocycles. The van der Waals surface area contributed by atoms with Crippen LogP contribution in [0.1, 0.15) is 30.9 Å². The highest BCUT2D eigenvalue weighted by Gasteiger charge is 2.32. The molecule has 0 saturated carbocycles. The van der Waals surface area contributed by atoms with E-state index in [1.54, 1.807) is 49.6 Å². The second-order valence-corrected chi connectivity index (χ2v) is 8.91. The Morgan fingerprint density at radius 3 is 2.25 bits per heavy atom. The van der Waals surface area contributed by atoms with E-state index in [1.807, 2.05) is 17.0 Å². The summed E-state index contributed by atoms with van der Waals surface area (Å²) in [5.74, 6) is 0.662. The lowest BCUT2D eigenvalue weighted by molar-refractivity contribution is -0.131. The zero-order valence-electron chi connectivity index (χ0n) is 16.2. The molecule has 150 valence electrons. The molecule has 2 aromatic rings. The molecule has 6 nitrogen and oxygen atoms in total. The standard InChI is InChI=1S/C21H26N2O4S/c1-22(28(25,26)19-8-4-3-5-9-19)20(16-21(24)23-14-6-7-15-23)17-10-12-18(27-2)13-11-17/h3-5,8-13,20H,6-7,14-16H2,1-2H3/t20-/m1/s1. The second-order valence-electron chi connectivity index (χ2n) is 6.92. The van der Waals surface area contributed by atoms with Crippen molar-refractivity contribution in [3.05, 3.63) is 60.2 Å². The van der Waals surface area contributed by atoms with Crippen LogP contribution in [0.5, 0.6) is 5.75 Å². The highest BCUT2D eigenvalue weighted by molar-refractivity contribution is 7.89. The van der Waals surface area contributed by atoms with Crippen LogP contribution in [0.4, 0.5) is 0 Å². The molecule has 1 fully saturated rings. The van der Waals surface area contributed by atoms with Gasteiger partial charge in [0.25, 0.3) is 0 Å². The molecule has 0 bridgehead atoms. The van der Waals surface area contributed by atoms with E-state index in [0.717, 1.165) is 31.5 Å². The van der Waals surface area contributed by atoms with E-state index in [9.17, 15) is 13.2 Å². The van der Waals surface area contributed by atoms with Crippen LogP contribution in [0.3, 0.4) is 0 Å². The highest BCUT2D eigenvalue weighted by Crippen LogP contribution is 2.31. The van der Waals surface area contributed by atoms with Gasteiger partial charge >= 0.3 is 0 Å². The first kappa shape index (κ1) is 20.4. The molecule has 1 heterocycles. The number of ether oxygens (including phenoxy) is 1. The van der Waals surface area contributed by atoms with Crippen LogP contribution in [0.25, 0.3) is 0 Å². The summed E-state index contributed by atoms with van der Waals surface area (Å²) in [6.45, 7) is 1.48. The summed E-state index contributed by atoms with van der Waals surface area (Å²) >= 11 is 0. The minimum absolute atomic E-state index is 0.0200. The van der Waals surface area contributed by atoms with Crippen LogP contribution in [0.15, 0.2) is 59.5 Å². The largest absolute Gasteiger partial charge is 0.497 e. The van der Waals surface area contributed by atoms with Crippen LogP contribution in [0.2, 0.25) is 0 Å². The lowest BCUT2D eigenvalue weighted by Crippen LogP contribution is -2.36. The molecular formula is C21H26N2O4S. The maximum atomic E-state index is 13.1. The summed E-state index contributed by atoms with van der Waals surface area (Å²) in [4.78, 5) is 14.8. The monoisotopic (exact) mass is 402 g/mol. The van der Waals surface area contributed by atoms with Gasteiger partial charge in [0, 0.05) is 26.6 Å². The van der Waals surface area contributed by atoms with Gasteiger partial charge in [-0.1, -0.05) is 30.3 Å². The Morgan fingerprint density at radius 2 is 1.68 bits per heavy atom. The second kappa shape index (κ2) is 8.75. The first-order valence-corrected chi connectivity index (χ1v) is 10.8. The summed E-state index contributed by atoms with van der Waals surface area (Å²) in [5, 5.41) is 0. The fourth-order valence-corrected chi connectivity index (χ4v) is 4.83. The fourth-order valence-electron chi connectivity index (χ4n) is 3.47. The van der Waals surface area contributed by atoms with Crippen LogP contribution in [-0.4, -0.2) is 50.8 Å². The summed E-state index contributed by atoms with van der Waals surface area (Å²) in [5.41, 5.74) is 0.760. The van der Waals surface area contributed by atoms with Crippen molar-refractivity contribution < 1.29 is 17.9 Å². The number of hydrogen-bond donors (Lipinski definition) is 0. The van der Waals surface area contributed by atoms with Crippen molar-refractivity contribution in [2.24, 2.45) is 0 Å². The molecule has 1 saturated heterocycles. The van der Waals surface area contributed by atoms with E-state index in [1.165, 1.54) is 11.4 Å². The molecule has 28 heavy (non-hydrogen) atoms. The Morgan fingerprint density at radius 1 is 1.07 bits per heavy atom. The number of amides is 1. The van der Waals surface area contributed by atoms with E-state index >= 15 is 0 Å². The van der Waals surface area contributed by atoms with Crippen LogP contribution >= 0.6 is 0 Å². The van der Waals surface area contributed by atoms with Crippen LogP contribution < -0.4 is 4.74 Å².